The van der Waals surface area contributed by atoms with Gasteiger partial charge in [-0.15, -0.1) is 0 Å². The highest BCUT2D eigenvalue weighted by Gasteiger charge is 2.31. The van der Waals surface area contributed by atoms with Gasteiger partial charge in [-0.25, -0.2) is 0 Å². The quantitative estimate of drug-likeness (QED) is 0.0545. The zero-order valence-corrected chi connectivity index (χ0v) is 37.6. The van der Waals surface area contributed by atoms with E-state index in [1.54, 1.807) is 12.0 Å². The van der Waals surface area contributed by atoms with Crippen LogP contribution >= 0.6 is 0 Å². The molecule has 0 aliphatic rings. The van der Waals surface area contributed by atoms with Crippen molar-refractivity contribution in [2.45, 2.75) is 180 Å². The second-order valence-electron chi connectivity index (χ2n) is 16.6. The summed E-state index contributed by atoms with van der Waals surface area (Å²) in [5.74, 6) is 0.0352. The highest BCUT2D eigenvalue weighted by molar-refractivity contribution is 5.90. The van der Waals surface area contributed by atoms with Crippen LogP contribution in [0.5, 0.6) is 5.75 Å². The molecule has 0 aliphatic carbocycles. The van der Waals surface area contributed by atoms with Crippen LogP contribution in [0, 0.1) is 0 Å². The maximum atomic E-state index is 14.3. The van der Waals surface area contributed by atoms with Crippen molar-refractivity contribution in [3.63, 3.8) is 0 Å². The Morgan fingerprint density at radius 2 is 1.19 bits per heavy atom. The van der Waals surface area contributed by atoms with Gasteiger partial charge in [0.2, 0.25) is 11.8 Å². The lowest BCUT2D eigenvalue weighted by atomic mass is 9.97. The number of rotatable bonds is 36. The molecule has 2 amide bonds. The van der Waals surface area contributed by atoms with Crippen LogP contribution in [-0.4, -0.2) is 75.0 Å². The summed E-state index contributed by atoms with van der Waals surface area (Å²) < 4.78 is 10.9. The Bertz CT molecular complexity index is 1350. The molecular weight excluding hydrogens is 723 g/mol. The number of unbranched alkanes of at least 4 members (excludes halogenated alkanes) is 18. The van der Waals surface area contributed by atoms with Crippen LogP contribution in [0.3, 0.4) is 0 Å². The molecule has 1 N–H and O–H groups in total. The van der Waals surface area contributed by atoms with Gasteiger partial charge in [0.15, 0.2) is 0 Å². The fourth-order valence-corrected chi connectivity index (χ4v) is 7.58. The Morgan fingerprint density at radius 1 is 0.621 bits per heavy atom. The Kier molecular flexibility index (Phi) is 29.3. The number of nitrogens with one attached hydrogen (secondary N) is 1. The van der Waals surface area contributed by atoms with E-state index in [2.05, 4.69) is 36.2 Å². The largest absolute Gasteiger partial charge is 0.497 e. The zero-order chi connectivity index (χ0) is 42.1. The molecule has 1 atom stereocenters. The van der Waals surface area contributed by atoms with Crippen LogP contribution in [0.15, 0.2) is 48.5 Å². The fourth-order valence-electron chi connectivity index (χ4n) is 7.58. The van der Waals surface area contributed by atoms with Crippen LogP contribution in [0.1, 0.15) is 184 Å². The SMILES string of the molecule is CCCCCCCCCCCCOC(=O)CCC(=O)N(CCCN(C)C)C(C(=O)NCCc1ccc(OC)cc1)c1cccc(CCCCCCCCCCCC)c1. The van der Waals surface area contributed by atoms with Crippen molar-refractivity contribution in [2.75, 3.05) is 47.4 Å². The van der Waals surface area contributed by atoms with Crippen molar-refractivity contribution in [3.05, 3.63) is 65.2 Å². The lowest BCUT2D eigenvalue weighted by molar-refractivity contribution is -0.147. The van der Waals surface area contributed by atoms with Crippen LogP contribution in [0.2, 0.25) is 0 Å². The lowest BCUT2D eigenvalue weighted by Gasteiger charge is -2.32. The molecule has 0 aromatic heterocycles. The van der Waals surface area contributed by atoms with Crippen molar-refractivity contribution < 1.29 is 23.9 Å². The Hall–Kier alpha value is -3.39. The highest BCUT2D eigenvalue weighted by atomic mass is 16.5. The van der Waals surface area contributed by atoms with Gasteiger partial charge in [-0.2, -0.15) is 0 Å². The molecule has 2 aromatic rings. The Morgan fingerprint density at radius 3 is 1.76 bits per heavy atom. The van der Waals surface area contributed by atoms with Gasteiger partial charge in [0.1, 0.15) is 11.8 Å². The summed E-state index contributed by atoms with van der Waals surface area (Å²) in [5.41, 5.74) is 3.09. The second kappa shape index (κ2) is 33.4. The topological polar surface area (TPSA) is 88.2 Å². The van der Waals surface area contributed by atoms with Crippen molar-refractivity contribution >= 4 is 17.8 Å². The number of hydrogen-bond donors (Lipinski definition) is 1. The number of carbonyl (C=O) groups is 3. The van der Waals surface area contributed by atoms with Crippen molar-refractivity contribution in [1.82, 2.24) is 15.1 Å². The van der Waals surface area contributed by atoms with Crippen LogP contribution in [-0.2, 0) is 32.0 Å². The highest BCUT2D eigenvalue weighted by Crippen LogP contribution is 2.26. The number of carbonyl (C=O) groups excluding carboxylic acids is 3. The van der Waals surface area contributed by atoms with Gasteiger partial charge >= 0.3 is 5.97 Å². The van der Waals surface area contributed by atoms with Gasteiger partial charge in [-0.1, -0.05) is 166 Å². The molecule has 8 nitrogen and oxygen atoms in total. The molecule has 0 aliphatic heterocycles. The summed E-state index contributed by atoms with van der Waals surface area (Å²) in [4.78, 5) is 45.0. The molecule has 0 fully saturated rings. The first-order chi connectivity index (χ1) is 28.3. The number of esters is 1. The average molecular weight is 806 g/mol. The third-order valence-electron chi connectivity index (χ3n) is 11.1. The van der Waals surface area contributed by atoms with Crippen molar-refractivity contribution in [2.24, 2.45) is 0 Å². The first-order valence-corrected chi connectivity index (χ1v) is 23.4. The number of ether oxygens (including phenoxy) is 2. The van der Waals surface area contributed by atoms with E-state index in [9.17, 15) is 14.4 Å². The number of aryl methyl sites for hydroxylation is 1. The molecule has 0 radical (unpaired) electrons. The number of methoxy groups -OCH3 is 1. The number of benzene rings is 2. The number of amides is 2. The summed E-state index contributed by atoms with van der Waals surface area (Å²) >= 11 is 0. The zero-order valence-electron chi connectivity index (χ0n) is 37.6. The summed E-state index contributed by atoms with van der Waals surface area (Å²) in [6, 6.07) is 15.3. The maximum absolute atomic E-state index is 14.3. The monoisotopic (exact) mass is 806 g/mol. The molecule has 328 valence electrons. The smallest absolute Gasteiger partial charge is 0.306 e. The summed E-state index contributed by atoms with van der Waals surface area (Å²) in [6.07, 6.45) is 27.3. The molecule has 1 unspecified atom stereocenters. The second-order valence-corrected chi connectivity index (χ2v) is 16.6. The molecule has 0 heterocycles. The van der Waals surface area contributed by atoms with Crippen LogP contribution < -0.4 is 10.1 Å². The minimum Gasteiger partial charge on any atom is -0.497 e. The minimum absolute atomic E-state index is 0.00532. The summed E-state index contributed by atoms with van der Waals surface area (Å²) in [6.45, 7) is 6.52. The third kappa shape index (κ3) is 23.9. The van der Waals surface area contributed by atoms with Crippen molar-refractivity contribution in [3.8, 4) is 5.75 Å². The number of hydrogen-bond acceptors (Lipinski definition) is 6. The predicted octanol–water partition coefficient (Wildman–Crippen LogP) is 11.6. The van der Waals surface area contributed by atoms with E-state index >= 15 is 0 Å². The predicted molar refractivity (Wildman–Crippen MR) is 241 cm³/mol. The fraction of sp³-hybridized carbons (Fsp3) is 0.700. The molecule has 0 saturated heterocycles. The molecule has 58 heavy (non-hydrogen) atoms. The van der Waals surface area contributed by atoms with Crippen LogP contribution in [0.4, 0.5) is 0 Å². The lowest BCUT2D eigenvalue weighted by Crippen LogP contribution is -2.45. The molecule has 2 rings (SSSR count). The van der Waals surface area contributed by atoms with Gasteiger partial charge in [0, 0.05) is 19.5 Å². The first kappa shape index (κ1) is 50.8. The van der Waals surface area contributed by atoms with E-state index in [-0.39, 0.29) is 30.6 Å². The molecule has 0 bridgehead atoms. The van der Waals surface area contributed by atoms with E-state index in [1.807, 2.05) is 50.5 Å². The minimum atomic E-state index is -0.805. The molecule has 8 heteroatoms. The molecule has 2 aromatic carbocycles. The Labute approximate surface area is 354 Å². The standard InChI is InChI=1S/C50H83N3O5/c1-6-8-10-12-14-16-18-20-22-24-28-44-29-26-30-45(42-44)49(50(56)51-38-37-43-31-33-46(57-5)34-32-43)53(40-27-39-52(3)4)47(54)35-36-48(55)58-41-25-23-21-19-17-15-13-11-9-7-2/h26,29-34,42,49H,6-25,27-28,35-41H2,1-5H3,(H,51,56). The average Bonchev–Trinajstić information content (AvgIpc) is 3.22. The van der Waals surface area contributed by atoms with E-state index in [0.717, 1.165) is 55.5 Å². The van der Waals surface area contributed by atoms with E-state index < -0.39 is 6.04 Å². The van der Waals surface area contributed by atoms with E-state index in [1.165, 1.54) is 108 Å². The van der Waals surface area contributed by atoms with E-state index in [4.69, 9.17) is 9.47 Å². The molecule has 0 saturated carbocycles. The number of nitrogens with zero attached hydrogens (tertiary/aromatic N) is 2. The molecular formula is C50H83N3O5. The van der Waals surface area contributed by atoms with Gasteiger partial charge in [-0.05, 0) is 81.6 Å². The van der Waals surface area contributed by atoms with Gasteiger partial charge in [-0.3, -0.25) is 14.4 Å². The molecule has 0 spiro atoms. The van der Waals surface area contributed by atoms with E-state index in [0.29, 0.717) is 32.5 Å². The van der Waals surface area contributed by atoms with Crippen molar-refractivity contribution in [1.29, 1.82) is 0 Å². The first-order valence-electron chi connectivity index (χ1n) is 23.4. The van der Waals surface area contributed by atoms with Gasteiger partial charge < -0.3 is 24.6 Å². The summed E-state index contributed by atoms with van der Waals surface area (Å²) in [7, 11) is 5.67. The van der Waals surface area contributed by atoms with Gasteiger partial charge in [0.25, 0.3) is 0 Å². The van der Waals surface area contributed by atoms with Gasteiger partial charge in [0.05, 0.1) is 20.1 Å². The Balaban J connectivity index is 2.07. The summed E-state index contributed by atoms with van der Waals surface area (Å²) in [5, 5.41) is 3.16. The normalized spacial score (nSPS) is 11.8. The maximum Gasteiger partial charge on any atom is 0.306 e. The third-order valence-corrected chi connectivity index (χ3v) is 11.1. The van der Waals surface area contributed by atoms with Crippen LogP contribution in [0.25, 0.3) is 0 Å².